The number of unbranched alkanes of at least 4 members (excludes halogenated alkanes) is 5. The van der Waals surface area contributed by atoms with Gasteiger partial charge in [-0.2, -0.15) is 5.10 Å². The topological polar surface area (TPSA) is 41.5 Å². The molecule has 0 heterocycles. The number of carbonyl (C=O) groups is 1. The van der Waals surface area contributed by atoms with Crippen LogP contribution >= 0.6 is 15.9 Å². The molecule has 0 aliphatic heterocycles. The first-order chi connectivity index (χ1) is 9.72. The summed E-state index contributed by atoms with van der Waals surface area (Å²) in [5.41, 5.74) is 3.53. The standard InChI is InChI=1S/C16H23BrN2O/c1-2-3-4-5-6-7-8-16(20)19-18-13-14-9-11-15(17)12-10-14/h9-13H,2-8H2,1H3,(H,19,20)/b18-13+. The maximum absolute atomic E-state index is 11.5. The predicted octanol–water partition coefficient (Wildman–Crippen LogP) is 4.65. The summed E-state index contributed by atoms with van der Waals surface area (Å²) in [6.07, 6.45) is 9.35. The monoisotopic (exact) mass is 338 g/mol. The predicted molar refractivity (Wildman–Crippen MR) is 87.9 cm³/mol. The fourth-order valence-corrected chi connectivity index (χ4v) is 2.11. The summed E-state index contributed by atoms with van der Waals surface area (Å²) in [7, 11) is 0. The van der Waals surface area contributed by atoms with Crippen LogP contribution in [-0.4, -0.2) is 12.1 Å². The normalized spacial score (nSPS) is 10.9. The lowest BCUT2D eigenvalue weighted by Gasteiger charge is -2.00. The molecule has 1 aromatic carbocycles. The summed E-state index contributed by atoms with van der Waals surface area (Å²) in [6, 6.07) is 7.76. The minimum absolute atomic E-state index is 0.00569. The highest BCUT2D eigenvalue weighted by atomic mass is 79.9. The van der Waals surface area contributed by atoms with Crippen molar-refractivity contribution in [3.05, 3.63) is 34.3 Å². The molecule has 0 aromatic heterocycles. The number of rotatable bonds is 9. The zero-order valence-electron chi connectivity index (χ0n) is 12.1. The Labute approximate surface area is 130 Å². The fraction of sp³-hybridized carbons (Fsp3) is 0.500. The van der Waals surface area contributed by atoms with Crippen molar-refractivity contribution in [3.8, 4) is 0 Å². The van der Waals surface area contributed by atoms with Gasteiger partial charge in [0, 0.05) is 10.9 Å². The molecule has 0 unspecified atom stereocenters. The van der Waals surface area contributed by atoms with E-state index >= 15 is 0 Å². The molecule has 0 aliphatic carbocycles. The van der Waals surface area contributed by atoms with Crippen LogP contribution in [0.4, 0.5) is 0 Å². The number of nitrogens with zero attached hydrogens (tertiary/aromatic N) is 1. The zero-order chi connectivity index (χ0) is 14.6. The number of hydrazone groups is 1. The Morgan fingerprint density at radius 1 is 1.15 bits per heavy atom. The Bertz CT molecular complexity index is 415. The third-order valence-electron chi connectivity index (χ3n) is 3.03. The van der Waals surface area contributed by atoms with Gasteiger partial charge in [0.05, 0.1) is 6.21 Å². The van der Waals surface area contributed by atoms with Gasteiger partial charge in [-0.05, 0) is 24.1 Å². The molecule has 0 aliphatic rings. The lowest BCUT2D eigenvalue weighted by Crippen LogP contribution is -2.16. The van der Waals surface area contributed by atoms with Crippen molar-refractivity contribution in [2.45, 2.75) is 51.9 Å². The quantitative estimate of drug-likeness (QED) is 0.397. The Kier molecular flexibility index (Phi) is 8.96. The largest absolute Gasteiger partial charge is 0.273 e. The lowest BCUT2D eigenvalue weighted by molar-refractivity contribution is -0.121. The van der Waals surface area contributed by atoms with Crippen molar-refractivity contribution in [2.75, 3.05) is 0 Å². The summed E-state index contributed by atoms with van der Waals surface area (Å²) in [4.78, 5) is 11.5. The first-order valence-corrected chi connectivity index (χ1v) is 8.09. The first-order valence-electron chi connectivity index (χ1n) is 7.30. The smallest absolute Gasteiger partial charge is 0.240 e. The maximum Gasteiger partial charge on any atom is 0.240 e. The highest BCUT2D eigenvalue weighted by Gasteiger charge is 1.99. The second kappa shape index (κ2) is 10.6. The van der Waals surface area contributed by atoms with Gasteiger partial charge >= 0.3 is 0 Å². The number of hydrogen-bond donors (Lipinski definition) is 1. The Balaban J connectivity index is 2.12. The highest BCUT2D eigenvalue weighted by Crippen LogP contribution is 2.09. The van der Waals surface area contributed by atoms with Gasteiger partial charge in [0.2, 0.25) is 5.91 Å². The molecule has 0 saturated heterocycles. The van der Waals surface area contributed by atoms with Crippen LogP contribution in [0.5, 0.6) is 0 Å². The van der Waals surface area contributed by atoms with Crippen molar-refractivity contribution in [2.24, 2.45) is 5.10 Å². The van der Waals surface area contributed by atoms with Crippen LogP contribution in [-0.2, 0) is 4.79 Å². The van der Waals surface area contributed by atoms with E-state index < -0.39 is 0 Å². The molecule has 0 saturated carbocycles. The number of carbonyl (C=O) groups excluding carboxylic acids is 1. The summed E-state index contributed by atoms with van der Waals surface area (Å²) in [5, 5.41) is 3.96. The molecule has 1 amide bonds. The summed E-state index contributed by atoms with van der Waals surface area (Å²) in [6.45, 7) is 2.21. The van der Waals surface area contributed by atoms with Gasteiger partial charge < -0.3 is 0 Å². The van der Waals surface area contributed by atoms with Crippen LogP contribution < -0.4 is 5.43 Å². The van der Waals surface area contributed by atoms with E-state index in [2.05, 4.69) is 33.4 Å². The molecular weight excluding hydrogens is 316 g/mol. The lowest BCUT2D eigenvalue weighted by atomic mass is 10.1. The fourth-order valence-electron chi connectivity index (χ4n) is 1.85. The van der Waals surface area contributed by atoms with Gasteiger partial charge in [-0.3, -0.25) is 4.79 Å². The van der Waals surface area contributed by atoms with Crippen molar-refractivity contribution >= 4 is 28.1 Å². The zero-order valence-corrected chi connectivity index (χ0v) is 13.7. The van der Waals surface area contributed by atoms with Gasteiger partial charge in [-0.25, -0.2) is 5.43 Å². The van der Waals surface area contributed by atoms with Crippen molar-refractivity contribution < 1.29 is 4.79 Å². The molecule has 0 spiro atoms. The molecule has 0 bridgehead atoms. The number of amides is 1. The van der Waals surface area contributed by atoms with Gasteiger partial charge in [-0.1, -0.05) is 67.1 Å². The molecule has 1 N–H and O–H groups in total. The van der Waals surface area contributed by atoms with Crippen molar-refractivity contribution in [1.29, 1.82) is 0 Å². The summed E-state index contributed by atoms with van der Waals surface area (Å²) in [5.74, 6) is -0.00569. The van der Waals surface area contributed by atoms with E-state index in [4.69, 9.17) is 0 Å². The maximum atomic E-state index is 11.5. The first kappa shape index (κ1) is 16.9. The SMILES string of the molecule is CCCCCCCCC(=O)N/N=C/c1ccc(Br)cc1. The number of benzene rings is 1. The van der Waals surface area contributed by atoms with E-state index in [0.717, 1.165) is 22.9 Å². The third kappa shape index (κ3) is 8.10. The molecule has 0 radical (unpaired) electrons. The third-order valence-corrected chi connectivity index (χ3v) is 3.56. The summed E-state index contributed by atoms with van der Waals surface area (Å²) >= 11 is 3.37. The van der Waals surface area contributed by atoms with Gasteiger partial charge in [-0.15, -0.1) is 0 Å². The van der Waals surface area contributed by atoms with Crippen LogP contribution in [0.2, 0.25) is 0 Å². The van der Waals surface area contributed by atoms with Crippen LogP contribution in [0.3, 0.4) is 0 Å². The average molecular weight is 339 g/mol. The van der Waals surface area contributed by atoms with Gasteiger partial charge in [0.25, 0.3) is 0 Å². The highest BCUT2D eigenvalue weighted by molar-refractivity contribution is 9.10. The van der Waals surface area contributed by atoms with E-state index in [-0.39, 0.29) is 5.91 Å². The Hall–Kier alpha value is -1.16. The number of hydrogen-bond acceptors (Lipinski definition) is 2. The van der Waals surface area contributed by atoms with Gasteiger partial charge in [0.1, 0.15) is 0 Å². The van der Waals surface area contributed by atoms with Gasteiger partial charge in [0.15, 0.2) is 0 Å². The molecule has 1 aromatic rings. The number of nitrogens with one attached hydrogen (secondary N) is 1. The van der Waals surface area contributed by atoms with Crippen LogP contribution in [0.15, 0.2) is 33.8 Å². The molecular formula is C16H23BrN2O. The molecule has 20 heavy (non-hydrogen) atoms. The second-order valence-corrected chi connectivity index (χ2v) is 5.78. The Morgan fingerprint density at radius 3 is 2.50 bits per heavy atom. The van der Waals surface area contributed by atoms with E-state index in [0.29, 0.717) is 6.42 Å². The van der Waals surface area contributed by atoms with Crippen molar-refractivity contribution in [1.82, 2.24) is 5.43 Å². The minimum Gasteiger partial charge on any atom is -0.273 e. The van der Waals surface area contributed by atoms with E-state index in [1.165, 1.54) is 25.7 Å². The molecule has 4 heteroatoms. The molecule has 1 rings (SSSR count). The van der Waals surface area contributed by atoms with Crippen LogP contribution in [0.25, 0.3) is 0 Å². The Morgan fingerprint density at radius 2 is 1.80 bits per heavy atom. The molecule has 0 fully saturated rings. The minimum atomic E-state index is -0.00569. The number of halogens is 1. The average Bonchev–Trinajstić information content (AvgIpc) is 2.45. The molecule has 3 nitrogen and oxygen atoms in total. The second-order valence-electron chi connectivity index (χ2n) is 4.86. The van der Waals surface area contributed by atoms with Crippen LogP contribution in [0.1, 0.15) is 57.4 Å². The van der Waals surface area contributed by atoms with Crippen LogP contribution in [0, 0.1) is 0 Å². The van der Waals surface area contributed by atoms with Crippen molar-refractivity contribution in [3.63, 3.8) is 0 Å². The van der Waals surface area contributed by atoms with E-state index in [1.54, 1.807) is 6.21 Å². The molecule has 110 valence electrons. The van der Waals surface area contributed by atoms with E-state index in [9.17, 15) is 4.79 Å². The van der Waals surface area contributed by atoms with E-state index in [1.807, 2.05) is 24.3 Å². The molecule has 0 atom stereocenters. The summed E-state index contributed by atoms with van der Waals surface area (Å²) < 4.78 is 1.03.